The molecule has 2 aromatic heterocycles. The molecule has 1 unspecified atom stereocenters. The SMILES string of the molecule is CC1(C)CC(NC(=O)N2CCC[C@@H]2c2nnnn2Cc2ccc(Cl)cc2)c2ccccc2O1.Clc1ccc(Cn2nnnc2[C@H]2CCCN2)cc1. The van der Waals surface area contributed by atoms with Crippen LogP contribution >= 0.6 is 23.2 Å². The van der Waals surface area contributed by atoms with Gasteiger partial charge in [0.2, 0.25) is 0 Å². The largest absolute Gasteiger partial charge is 0.487 e. The zero-order valence-electron chi connectivity index (χ0n) is 28.6. The second-order valence-electron chi connectivity index (χ2n) is 13.7. The first-order valence-electron chi connectivity index (χ1n) is 17.3. The molecule has 3 aromatic carbocycles. The number of benzene rings is 3. The third-order valence-electron chi connectivity index (χ3n) is 9.47. The molecule has 15 heteroatoms. The minimum Gasteiger partial charge on any atom is -0.487 e. The number of aromatic nitrogens is 8. The molecule has 0 spiro atoms. The Morgan fingerprint density at radius 1 is 0.863 bits per heavy atom. The number of rotatable bonds is 7. The lowest BCUT2D eigenvalue weighted by atomic mass is 9.90. The lowest BCUT2D eigenvalue weighted by Gasteiger charge is -2.38. The topological polar surface area (TPSA) is 141 Å². The van der Waals surface area contributed by atoms with Crippen LogP contribution in [-0.4, -0.2) is 70.0 Å². The minimum atomic E-state index is -0.362. The Bertz CT molecular complexity index is 1920. The molecule has 5 aromatic rings. The van der Waals surface area contributed by atoms with E-state index >= 15 is 0 Å². The molecule has 3 aliphatic rings. The molecule has 0 saturated carbocycles. The molecule has 2 fully saturated rings. The van der Waals surface area contributed by atoms with Gasteiger partial charge in [0.25, 0.3) is 0 Å². The fourth-order valence-electron chi connectivity index (χ4n) is 7.01. The van der Waals surface area contributed by atoms with E-state index < -0.39 is 0 Å². The van der Waals surface area contributed by atoms with E-state index in [9.17, 15) is 4.79 Å². The first-order valence-corrected chi connectivity index (χ1v) is 18.1. The molecule has 0 radical (unpaired) electrons. The minimum absolute atomic E-state index is 0.101. The number of nitrogens with one attached hydrogen (secondary N) is 2. The van der Waals surface area contributed by atoms with Gasteiger partial charge in [-0.2, -0.15) is 0 Å². The number of urea groups is 1. The number of hydrogen-bond acceptors (Lipinski definition) is 9. The summed E-state index contributed by atoms with van der Waals surface area (Å²) in [6, 6.07) is 23.2. The van der Waals surface area contributed by atoms with Gasteiger partial charge < -0.3 is 20.3 Å². The monoisotopic (exact) mass is 729 g/mol. The van der Waals surface area contributed by atoms with Gasteiger partial charge in [-0.25, -0.2) is 14.2 Å². The molecule has 2 amide bonds. The summed E-state index contributed by atoms with van der Waals surface area (Å²) in [5, 5.41) is 32.4. The van der Waals surface area contributed by atoms with Crippen molar-refractivity contribution in [2.24, 2.45) is 0 Å². The van der Waals surface area contributed by atoms with E-state index in [4.69, 9.17) is 27.9 Å². The molecule has 2 N–H and O–H groups in total. The summed E-state index contributed by atoms with van der Waals surface area (Å²) in [5.74, 6) is 2.44. The molecule has 51 heavy (non-hydrogen) atoms. The molecule has 5 heterocycles. The highest BCUT2D eigenvalue weighted by Gasteiger charge is 2.38. The van der Waals surface area contributed by atoms with Crippen LogP contribution in [0.15, 0.2) is 72.8 Å². The van der Waals surface area contributed by atoms with E-state index in [1.54, 1.807) is 4.68 Å². The van der Waals surface area contributed by atoms with Crippen LogP contribution in [0, 0.1) is 0 Å². The van der Waals surface area contributed by atoms with Crippen LogP contribution in [-0.2, 0) is 13.1 Å². The van der Waals surface area contributed by atoms with Crippen LogP contribution in [0.2, 0.25) is 10.0 Å². The number of tetrazole rings is 2. The Kier molecular flexibility index (Phi) is 10.5. The first-order chi connectivity index (χ1) is 24.7. The third kappa shape index (κ3) is 8.32. The van der Waals surface area contributed by atoms with Gasteiger partial charge >= 0.3 is 6.03 Å². The fourth-order valence-corrected chi connectivity index (χ4v) is 7.26. The van der Waals surface area contributed by atoms with Gasteiger partial charge in [0.15, 0.2) is 11.6 Å². The number of hydrogen-bond donors (Lipinski definition) is 2. The standard InChI is InChI=1S/C24H27ClN6O2.C12H14ClN5/c1-24(2)14-19(18-6-3-4-8-21(18)33-24)26-23(32)30-13-5-7-20(30)22-27-28-29-31(22)15-16-9-11-17(25)12-10-16;13-10-5-3-9(4-6-10)8-18-12(15-16-17-18)11-2-1-7-14-11/h3-4,6,8-12,19-20H,5,7,13-15H2,1-2H3,(H,26,32);3-6,11,14H,1-2,7-8H2/t19?,20-;11-/m11/s1. The summed E-state index contributed by atoms with van der Waals surface area (Å²) in [4.78, 5) is 15.3. The van der Waals surface area contributed by atoms with Crippen LogP contribution in [0.3, 0.4) is 0 Å². The third-order valence-corrected chi connectivity index (χ3v) is 9.97. The number of fused-ring (bicyclic) bond motifs is 1. The van der Waals surface area contributed by atoms with Crippen molar-refractivity contribution >= 4 is 29.2 Å². The first kappa shape index (κ1) is 34.8. The van der Waals surface area contributed by atoms with E-state index in [-0.39, 0.29) is 29.8 Å². The number of halogens is 2. The molecular formula is C36H41Cl2N11O2. The van der Waals surface area contributed by atoms with Gasteiger partial charge in [0.05, 0.1) is 31.2 Å². The summed E-state index contributed by atoms with van der Waals surface area (Å²) < 4.78 is 9.74. The maximum absolute atomic E-state index is 13.4. The molecule has 8 rings (SSSR count). The highest BCUT2D eigenvalue weighted by molar-refractivity contribution is 6.30. The number of para-hydroxylation sites is 1. The highest BCUT2D eigenvalue weighted by atomic mass is 35.5. The van der Waals surface area contributed by atoms with Crippen LogP contribution in [0.4, 0.5) is 4.79 Å². The van der Waals surface area contributed by atoms with E-state index in [2.05, 4.69) is 41.7 Å². The second-order valence-corrected chi connectivity index (χ2v) is 14.6. The van der Waals surface area contributed by atoms with Gasteiger partial charge in [-0.1, -0.05) is 65.7 Å². The number of carbonyl (C=O) groups excluding carboxylic acids is 1. The normalized spacial score (nSPS) is 20.6. The van der Waals surface area contributed by atoms with Gasteiger partial charge in [-0.05, 0) is 108 Å². The molecule has 0 aliphatic carbocycles. The van der Waals surface area contributed by atoms with E-state index in [1.165, 1.54) is 6.42 Å². The summed E-state index contributed by atoms with van der Waals surface area (Å²) in [5.41, 5.74) is 2.83. The van der Waals surface area contributed by atoms with Crippen molar-refractivity contribution in [3.63, 3.8) is 0 Å². The number of carbonyl (C=O) groups is 1. The number of ether oxygens (including phenoxy) is 1. The molecule has 2 saturated heterocycles. The Balaban J connectivity index is 0.000000190. The maximum Gasteiger partial charge on any atom is 0.318 e. The smallest absolute Gasteiger partial charge is 0.318 e. The van der Waals surface area contributed by atoms with Gasteiger partial charge in [-0.15, -0.1) is 10.2 Å². The predicted molar refractivity (Wildman–Crippen MR) is 192 cm³/mol. The average Bonchev–Trinajstić information content (AvgIpc) is 3.95. The molecule has 0 bridgehead atoms. The summed E-state index contributed by atoms with van der Waals surface area (Å²) in [6.07, 6.45) is 4.70. The molecular weight excluding hydrogens is 689 g/mol. The van der Waals surface area contributed by atoms with Crippen molar-refractivity contribution in [2.45, 2.75) is 82.8 Å². The Hall–Kier alpha value is -4.59. The highest BCUT2D eigenvalue weighted by Crippen LogP contribution is 2.40. The number of amides is 2. The van der Waals surface area contributed by atoms with Gasteiger partial charge in [-0.3, -0.25) is 0 Å². The fraction of sp³-hybridized carbons (Fsp3) is 0.417. The lowest BCUT2D eigenvalue weighted by Crippen LogP contribution is -2.46. The van der Waals surface area contributed by atoms with Crippen LogP contribution < -0.4 is 15.4 Å². The van der Waals surface area contributed by atoms with Crippen molar-refractivity contribution in [2.75, 3.05) is 13.1 Å². The molecule has 266 valence electrons. The van der Waals surface area contributed by atoms with Crippen molar-refractivity contribution in [1.82, 2.24) is 55.9 Å². The van der Waals surface area contributed by atoms with Crippen LogP contribution in [0.25, 0.3) is 0 Å². The zero-order chi connectivity index (χ0) is 35.4. The maximum atomic E-state index is 13.4. The Morgan fingerprint density at radius 2 is 1.49 bits per heavy atom. The van der Waals surface area contributed by atoms with Crippen molar-refractivity contribution in [3.05, 3.63) is 111 Å². The number of nitrogens with zero attached hydrogens (tertiary/aromatic N) is 9. The number of likely N-dealkylation sites (tertiary alicyclic amines) is 1. The Labute approximate surface area is 306 Å². The average molecular weight is 731 g/mol. The summed E-state index contributed by atoms with van der Waals surface area (Å²) in [6.45, 7) is 7.00. The zero-order valence-corrected chi connectivity index (χ0v) is 30.1. The van der Waals surface area contributed by atoms with Crippen LogP contribution in [0.5, 0.6) is 5.75 Å². The predicted octanol–water partition coefficient (Wildman–Crippen LogP) is 6.32. The van der Waals surface area contributed by atoms with Crippen molar-refractivity contribution in [1.29, 1.82) is 0 Å². The van der Waals surface area contributed by atoms with Crippen molar-refractivity contribution in [3.8, 4) is 5.75 Å². The van der Waals surface area contributed by atoms with Crippen molar-refractivity contribution < 1.29 is 9.53 Å². The summed E-state index contributed by atoms with van der Waals surface area (Å²) in [7, 11) is 0. The van der Waals surface area contributed by atoms with E-state index in [0.717, 1.165) is 59.1 Å². The van der Waals surface area contributed by atoms with E-state index in [0.29, 0.717) is 36.9 Å². The van der Waals surface area contributed by atoms with Gasteiger partial charge in [0, 0.05) is 28.6 Å². The Morgan fingerprint density at radius 3 is 2.14 bits per heavy atom. The van der Waals surface area contributed by atoms with E-state index in [1.807, 2.05) is 96.2 Å². The van der Waals surface area contributed by atoms with Crippen LogP contribution in [0.1, 0.15) is 92.4 Å². The molecule has 13 nitrogen and oxygen atoms in total. The summed E-state index contributed by atoms with van der Waals surface area (Å²) >= 11 is 11.9. The molecule has 3 atom stereocenters. The second kappa shape index (κ2) is 15.3. The quantitative estimate of drug-likeness (QED) is 0.197. The lowest BCUT2D eigenvalue weighted by molar-refractivity contribution is 0.0662. The van der Waals surface area contributed by atoms with Gasteiger partial charge in [0.1, 0.15) is 11.4 Å². The molecule has 3 aliphatic heterocycles.